The third-order valence-corrected chi connectivity index (χ3v) is 4.54. The second-order valence-corrected chi connectivity index (χ2v) is 6.43. The zero-order valence-corrected chi connectivity index (χ0v) is 13.4. The molecule has 1 fully saturated rings. The largest absolute Gasteiger partial charge is 0.341 e. The molecule has 1 aromatic rings. The van der Waals surface area contributed by atoms with Gasteiger partial charge in [-0.05, 0) is 31.1 Å². The highest BCUT2D eigenvalue weighted by Crippen LogP contribution is 2.20. The number of benzene rings is 1. The second kappa shape index (κ2) is 8.23. The summed E-state index contributed by atoms with van der Waals surface area (Å²) < 4.78 is 0. The van der Waals surface area contributed by atoms with E-state index in [0.717, 1.165) is 25.8 Å². The van der Waals surface area contributed by atoms with E-state index >= 15 is 0 Å². The third-order valence-electron chi connectivity index (χ3n) is 4.00. The molecule has 0 unspecified atom stereocenters. The summed E-state index contributed by atoms with van der Waals surface area (Å²) in [5.41, 5.74) is 1.21. The Morgan fingerprint density at radius 2 is 2.05 bits per heavy atom. The van der Waals surface area contributed by atoms with Crippen LogP contribution in [-0.2, 0) is 16.0 Å². The Morgan fingerprint density at radius 3 is 2.76 bits per heavy atom. The molecular formula is C17H23NO2S. The van der Waals surface area contributed by atoms with Gasteiger partial charge in [-0.2, -0.15) is 11.8 Å². The van der Waals surface area contributed by atoms with Gasteiger partial charge in [0.1, 0.15) is 5.78 Å². The number of carbonyl (C=O) groups excluding carboxylic acids is 2. The van der Waals surface area contributed by atoms with Gasteiger partial charge >= 0.3 is 0 Å². The van der Waals surface area contributed by atoms with Crippen molar-refractivity contribution in [1.82, 2.24) is 4.90 Å². The maximum absolute atomic E-state index is 12.4. The molecule has 0 aliphatic carbocycles. The van der Waals surface area contributed by atoms with Crippen molar-refractivity contribution in [1.29, 1.82) is 0 Å². The quantitative estimate of drug-likeness (QED) is 0.811. The van der Waals surface area contributed by atoms with Gasteiger partial charge in [0, 0.05) is 25.4 Å². The van der Waals surface area contributed by atoms with Crippen LogP contribution in [0.3, 0.4) is 0 Å². The van der Waals surface area contributed by atoms with Crippen LogP contribution >= 0.6 is 11.8 Å². The number of amides is 1. The average Bonchev–Trinajstić information content (AvgIpc) is 2.54. The van der Waals surface area contributed by atoms with Crippen LogP contribution in [-0.4, -0.2) is 41.7 Å². The van der Waals surface area contributed by atoms with E-state index in [2.05, 4.69) is 12.1 Å². The minimum absolute atomic E-state index is 0.0354. The molecule has 3 nitrogen and oxygen atoms in total. The summed E-state index contributed by atoms with van der Waals surface area (Å²) in [6.45, 7) is 1.43. The molecular weight excluding hydrogens is 282 g/mol. The fourth-order valence-electron chi connectivity index (χ4n) is 2.80. The molecule has 1 atom stereocenters. The van der Waals surface area contributed by atoms with Crippen LogP contribution in [0, 0.1) is 5.92 Å². The first-order chi connectivity index (χ1) is 10.2. The number of piperidine rings is 1. The minimum atomic E-state index is 0.0354. The molecule has 4 heteroatoms. The van der Waals surface area contributed by atoms with Crippen LogP contribution in [0.25, 0.3) is 0 Å². The zero-order valence-electron chi connectivity index (χ0n) is 12.6. The first-order valence-corrected chi connectivity index (χ1v) is 8.93. The molecule has 0 saturated carbocycles. The number of Topliss-reactive ketones (excluding diaryl/α,β-unsaturated/α-hetero) is 1. The van der Waals surface area contributed by atoms with Crippen molar-refractivity contribution in [2.75, 3.05) is 25.1 Å². The van der Waals surface area contributed by atoms with Crippen LogP contribution in [0.4, 0.5) is 0 Å². The Hall–Kier alpha value is -1.29. The Balaban J connectivity index is 1.83. The molecule has 1 saturated heterocycles. The monoisotopic (exact) mass is 305 g/mol. The minimum Gasteiger partial charge on any atom is -0.341 e. The van der Waals surface area contributed by atoms with Crippen LogP contribution in [0.2, 0.25) is 0 Å². The molecule has 21 heavy (non-hydrogen) atoms. The summed E-state index contributed by atoms with van der Waals surface area (Å²) >= 11 is 1.54. The van der Waals surface area contributed by atoms with Crippen molar-refractivity contribution in [3.8, 4) is 0 Å². The van der Waals surface area contributed by atoms with Gasteiger partial charge in [-0.1, -0.05) is 30.3 Å². The predicted molar refractivity (Wildman–Crippen MR) is 87.5 cm³/mol. The number of thioether (sulfide) groups is 1. The van der Waals surface area contributed by atoms with Crippen LogP contribution in [0.1, 0.15) is 24.8 Å². The van der Waals surface area contributed by atoms with Gasteiger partial charge in [0.2, 0.25) is 5.91 Å². The number of likely N-dealkylation sites (tertiary alicyclic amines) is 1. The zero-order chi connectivity index (χ0) is 15.1. The highest BCUT2D eigenvalue weighted by molar-refractivity contribution is 7.99. The van der Waals surface area contributed by atoms with E-state index < -0.39 is 0 Å². The van der Waals surface area contributed by atoms with Crippen molar-refractivity contribution in [3.05, 3.63) is 35.9 Å². The predicted octanol–water partition coefficient (Wildman–Crippen LogP) is 2.79. The van der Waals surface area contributed by atoms with Gasteiger partial charge in [0.15, 0.2) is 0 Å². The maximum atomic E-state index is 12.4. The molecule has 0 radical (unpaired) electrons. The molecule has 1 aliphatic rings. The molecule has 0 N–H and O–H groups in total. The SMILES string of the molecule is CSCC(=O)N1CCC[C@@H](C(=O)CCc2ccccc2)C1. The van der Waals surface area contributed by atoms with E-state index in [1.807, 2.05) is 29.4 Å². The normalized spacial score (nSPS) is 18.5. The Kier molecular flexibility index (Phi) is 6.30. The van der Waals surface area contributed by atoms with Crippen molar-refractivity contribution < 1.29 is 9.59 Å². The van der Waals surface area contributed by atoms with Crippen molar-refractivity contribution in [3.63, 3.8) is 0 Å². The topological polar surface area (TPSA) is 37.4 Å². The van der Waals surface area contributed by atoms with E-state index in [0.29, 0.717) is 24.5 Å². The summed E-state index contributed by atoms with van der Waals surface area (Å²) in [7, 11) is 0. The summed E-state index contributed by atoms with van der Waals surface area (Å²) in [4.78, 5) is 26.2. The number of carbonyl (C=O) groups is 2. The fourth-order valence-corrected chi connectivity index (χ4v) is 3.23. The lowest BCUT2D eigenvalue weighted by Gasteiger charge is -2.32. The first kappa shape index (κ1) is 16.1. The van der Waals surface area contributed by atoms with Crippen LogP contribution in [0.5, 0.6) is 0 Å². The number of hydrogen-bond acceptors (Lipinski definition) is 3. The van der Waals surface area contributed by atoms with Gasteiger partial charge in [-0.25, -0.2) is 0 Å². The van der Waals surface area contributed by atoms with Gasteiger partial charge in [-0.15, -0.1) is 0 Å². The summed E-state index contributed by atoms with van der Waals surface area (Å²) in [6.07, 6.45) is 5.19. The molecule has 1 aliphatic heterocycles. The highest BCUT2D eigenvalue weighted by Gasteiger charge is 2.27. The van der Waals surface area contributed by atoms with Crippen molar-refractivity contribution >= 4 is 23.5 Å². The smallest absolute Gasteiger partial charge is 0.232 e. The molecule has 0 aromatic heterocycles. The van der Waals surface area contributed by atoms with Gasteiger partial charge in [-0.3, -0.25) is 9.59 Å². The number of hydrogen-bond donors (Lipinski definition) is 0. The van der Waals surface area contributed by atoms with E-state index in [1.54, 1.807) is 11.8 Å². The van der Waals surface area contributed by atoms with Gasteiger partial charge in [0.05, 0.1) is 5.75 Å². The van der Waals surface area contributed by atoms with Gasteiger partial charge in [0.25, 0.3) is 0 Å². The Bertz CT molecular complexity index is 475. The van der Waals surface area contributed by atoms with Gasteiger partial charge < -0.3 is 4.90 Å². The van der Waals surface area contributed by atoms with E-state index in [-0.39, 0.29) is 11.8 Å². The van der Waals surface area contributed by atoms with Crippen molar-refractivity contribution in [2.45, 2.75) is 25.7 Å². The highest BCUT2D eigenvalue weighted by atomic mass is 32.2. The molecule has 2 rings (SSSR count). The number of aryl methyl sites for hydroxylation is 1. The lowest BCUT2D eigenvalue weighted by molar-refractivity contribution is -0.132. The lowest BCUT2D eigenvalue weighted by atomic mass is 9.90. The molecule has 0 bridgehead atoms. The van der Waals surface area contributed by atoms with E-state index in [4.69, 9.17) is 0 Å². The molecule has 0 spiro atoms. The summed E-state index contributed by atoms with van der Waals surface area (Å²) in [5.74, 6) is 1.03. The fraction of sp³-hybridized carbons (Fsp3) is 0.529. The summed E-state index contributed by atoms with van der Waals surface area (Å²) in [6, 6.07) is 10.1. The number of rotatable bonds is 6. The molecule has 114 valence electrons. The molecule has 1 aromatic carbocycles. The molecule has 1 heterocycles. The van der Waals surface area contributed by atoms with Crippen LogP contribution < -0.4 is 0 Å². The first-order valence-electron chi connectivity index (χ1n) is 7.54. The van der Waals surface area contributed by atoms with Crippen molar-refractivity contribution in [2.24, 2.45) is 5.92 Å². The Morgan fingerprint density at radius 1 is 1.29 bits per heavy atom. The lowest BCUT2D eigenvalue weighted by Crippen LogP contribution is -2.43. The van der Waals surface area contributed by atoms with Crippen LogP contribution in [0.15, 0.2) is 30.3 Å². The molecule has 1 amide bonds. The Labute approximate surface area is 131 Å². The number of ketones is 1. The number of nitrogens with zero attached hydrogens (tertiary/aromatic N) is 1. The average molecular weight is 305 g/mol. The second-order valence-electron chi connectivity index (χ2n) is 5.56. The van der Waals surface area contributed by atoms with E-state index in [9.17, 15) is 9.59 Å². The third kappa shape index (κ3) is 4.88. The standard InChI is InChI=1S/C17H23NO2S/c1-21-13-17(20)18-11-5-8-15(12-18)16(19)10-9-14-6-3-2-4-7-14/h2-4,6-7,15H,5,8-13H2,1H3/t15-/m1/s1. The van der Waals surface area contributed by atoms with E-state index in [1.165, 1.54) is 5.56 Å². The maximum Gasteiger partial charge on any atom is 0.232 e. The summed E-state index contributed by atoms with van der Waals surface area (Å²) in [5, 5.41) is 0.